The van der Waals surface area contributed by atoms with Crippen LogP contribution in [-0.2, 0) is 12.8 Å². The molecule has 2 N–H and O–H groups in total. The van der Waals surface area contributed by atoms with Gasteiger partial charge in [-0.2, -0.15) is 0 Å². The van der Waals surface area contributed by atoms with Gasteiger partial charge in [0.1, 0.15) is 4.88 Å². The zero-order valence-electron chi connectivity index (χ0n) is 9.80. The number of nitrogens with zero attached hydrogens (tertiary/aromatic N) is 1. The van der Waals surface area contributed by atoms with Crippen LogP contribution in [0, 0.1) is 0 Å². The maximum atomic E-state index is 11.9. The first kappa shape index (κ1) is 12.3. The van der Waals surface area contributed by atoms with Crippen molar-refractivity contribution < 1.29 is 14.7 Å². The minimum absolute atomic E-state index is 0.159. The van der Waals surface area contributed by atoms with Crippen molar-refractivity contribution in [1.29, 1.82) is 0 Å². The number of amides is 1. The Hall–Kier alpha value is -1.73. The van der Waals surface area contributed by atoms with Crippen molar-refractivity contribution in [3.63, 3.8) is 0 Å². The van der Waals surface area contributed by atoms with Crippen LogP contribution in [-0.4, -0.2) is 22.0 Å². The highest BCUT2D eigenvalue weighted by molar-refractivity contribution is 7.17. The summed E-state index contributed by atoms with van der Waals surface area (Å²) < 4.78 is 0. The number of anilines is 1. The summed E-state index contributed by atoms with van der Waals surface area (Å²) in [6.45, 7) is 0. The van der Waals surface area contributed by atoms with Gasteiger partial charge in [0, 0.05) is 4.88 Å². The molecule has 0 atom stereocenters. The van der Waals surface area contributed by atoms with Crippen LogP contribution in [0.1, 0.15) is 36.3 Å². The van der Waals surface area contributed by atoms with Crippen molar-refractivity contribution in [3.05, 3.63) is 32.5 Å². The van der Waals surface area contributed by atoms with Gasteiger partial charge in [-0.05, 0) is 31.4 Å². The first-order chi connectivity index (χ1) is 9.13. The first-order valence-corrected chi connectivity index (χ1v) is 7.40. The van der Waals surface area contributed by atoms with E-state index in [1.807, 2.05) is 0 Å². The molecule has 0 aliphatic heterocycles. The minimum atomic E-state index is -1.02. The Morgan fingerprint density at radius 3 is 2.68 bits per heavy atom. The molecule has 2 aromatic heterocycles. The minimum Gasteiger partial charge on any atom is -0.477 e. The quantitative estimate of drug-likeness (QED) is 0.912. The fraction of sp³-hybridized carbons (Fsp3) is 0.250. The topological polar surface area (TPSA) is 79.3 Å². The number of aryl methyl sites for hydroxylation is 2. The molecule has 0 radical (unpaired) electrons. The number of rotatable bonds is 3. The van der Waals surface area contributed by atoms with Crippen molar-refractivity contribution in [2.75, 3.05) is 5.32 Å². The van der Waals surface area contributed by atoms with E-state index in [1.54, 1.807) is 0 Å². The van der Waals surface area contributed by atoms with Crippen LogP contribution < -0.4 is 5.32 Å². The van der Waals surface area contributed by atoms with Crippen molar-refractivity contribution in [1.82, 2.24) is 4.98 Å². The van der Waals surface area contributed by atoms with Crippen LogP contribution in [0.15, 0.2) is 12.1 Å². The third kappa shape index (κ3) is 2.39. The van der Waals surface area contributed by atoms with E-state index in [1.165, 1.54) is 28.3 Å². The predicted molar refractivity (Wildman–Crippen MR) is 73.4 cm³/mol. The van der Waals surface area contributed by atoms with E-state index >= 15 is 0 Å². The van der Waals surface area contributed by atoms with E-state index in [2.05, 4.69) is 10.3 Å². The van der Waals surface area contributed by atoms with E-state index in [-0.39, 0.29) is 10.8 Å². The van der Waals surface area contributed by atoms with Gasteiger partial charge in [0.25, 0.3) is 5.91 Å². The summed E-state index contributed by atoms with van der Waals surface area (Å²) in [5.41, 5.74) is 1.08. The van der Waals surface area contributed by atoms with E-state index in [0.29, 0.717) is 10.0 Å². The van der Waals surface area contributed by atoms with Gasteiger partial charge in [-0.3, -0.25) is 10.1 Å². The molecule has 1 aliphatic carbocycles. The van der Waals surface area contributed by atoms with E-state index in [4.69, 9.17) is 5.11 Å². The number of aromatic nitrogens is 1. The molecule has 7 heteroatoms. The molecule has 1 aliphatic rings. The monoisotopic (exact) mass is 294 g/mol. The summed E-state index contributed by atoms with van der Waals surface area (Å²) in [6.07, 6.45) is 3.14. The zero-order chi connectivity index (χ0) is 13.4. The smallest absolute Gasteiger partial charge is 0.345 e. The highest BCUT2D eigenvalue weighted by atomic mass is 32.1. The van der Waals surface area contributed by atoms with E-state index < -0.39 is 5.97 Å². The molecule has 0 saturated carbocycles. The largest absolute Gasteiger partial charge is 0.477 e. The van der Waals surface area contributed by atoms with Gasteiger partial charge in [0.15, 0.2) is 5.13 Å². The Morgan fingerprint density at radius 2 is 2.00 bits per heavy atom. The summed E-state index contributed by atoms with van der Waals surface area (Å²) in [5.74, 6) is -1.32. The molecule has 0 fully saturated rings. The number of hydrogen-bond donors (Lipinski definition) is 2. The number of carbonyl (C=O) groups excluding carboxylic acids is 1. The van der Waals surface area contributed by atoms with Gasteiger partial charge in [0.2, 0.25) is 0 Å². The number of thiophene rings is 1. The van der Waals surface area contributed by atoms with Gasteiger partial charge in [0.05, 0.1) is 10.6 Å². The Balaban J connectivity index is 1.74. The molecule has 5 nitrogen and oxygen atoms in total. The summed E-state index contributed by atoms with van der Waals surface area (Å²) in [5, 5.41) is 12.1. The average molecular weight is 294 g/mol. The number of nitrogens with one attached hydrogen (secondary N) is 1. The molecule has 0 aromatic carbocycles. The van der Waals surface area contributed by atoms with E-state index in [9.17, 15) is 9.59 Å². The van der Waals surface area contributed by atoms with Gasteiger partial charge >= 0.3 is 5.97 Å². The Bertz CT molecular complexity index is 638. The normalized spacial score (nSPS) is 13.3. The molecular formula is C12H10N2O3S2. The molecule has 0 spiro atoms. The van der Waals surface area contributed by atoms with Crippen LogP contribution in [0.2, 0.25) is 0 Å². The average Bonchev–Trinajstić information content (AvgIpc) is 3.02. The Kier molecular flexibility index (Phi) is 3.08. The van der Waals surface area contributed by atoms with Crippen LogP contribution in [0.4, 0.5) is 5.13 Å². The lowest BCUT2D eigenvalue weighted by Crippen LogP contribution is -2.09. The molecule has 2 heterocycles. The lowest BCUT2D eigenvalue weighted by Gasteiger charge is -1.98. The van der Waals surface area contributed by atoms with Crippen molar-refractivity contribution >= 4 is 39.7 Å². The van der Waals surface area contributed by atoms with Crippen LogP contribution in [0.5, 0.6) is 0 Å². The van der Waals surface area contributed by atoms with Crippen molar-refractivity contribution in [2.24, 2.45) is 0 Å². The molecule has 1 amide bonds. The SMILES string of the molecule is O=C(O)c1ccc(C(=O)Nc2nc3c(s2)CCC3)s1. The molecule has 19 heavy (non-hydrogen) atoms. The molecule has 2 aromatic rings. The summed E-state index contributed by atoms with van der Waals surface area (Å²) in [7, 11) is 0. The fourth-order valence-corrected chi connectivity index (χ4v) is 3.76. The lowest BCUT2D eigenvalue weighted by atomic mass is 10.4. The Morgan fingerprint density at radius 1 is 1.21 bits per heavy atom. The number of carboxylic acid groups (broad SMARTS) is 1. The third-order valence-corrected chi connectivity index (χ3v) is 5.00. The number of carboxylic acids is 1. The number of thiazole rings is 1. The number of carbonyl (C=O) groups is 2. The van der Waals surface area contributed by atoms with Gasteiger partial charge in [-0.25, -0.2) is 9.78 Å². The molecule has 0 saturated heterocycles. The summed E-state index contributed by atoms with van der Waals surface area (Å²) in [6, 6.07) is 2.95. The summed E-state index contributed by atoms with van der Waals surface area (Å²) >= 11 is 2.47. The second-order valence-corrected chi connectivity index (χ2v) is 6.33. The van der Waals surface area contributed by atoms with Crippen molar-refractivity contribution in [2.45, 2.75) is 19.3 Å². The number of hydrogen-bond acceptors (Lipinski definition) is 5. The number of aromatic carboxylic acids is 1. The highest BCUT2D eigenvalue weighted by Gasteiger charge is 2.19. The standard InChI is InChI=1S/C12H10N2O3S2/c15-10(8-4-5-9(18-8)11(16)17)14-12-13-6-2-1-3-7(6)19-12/h4-5H,1-3H2,(H,16,17)(H,13,14,15). The maximum Gasteiger partial charge on any atom is 0.345 e. The lowest BCUT2D eigenvalue weighted by molar-refractivity contribution is 0.0702. The molecule has 0 bridgehead atoms. The second kappa shape index (κ2) is 4.75. The second-order valence-electron chi connectivity index (χ2n) is 4.17. The molecule has 0 unspecified atom stereocenters. The molecule has 98 valence electrons. The fourth-order valence-electron chi connectivity index (χ4n) is 1.98. The zero-order valence-corrected chi connectivity index (χ0v) is 11.4. The first-order valence-electron chi connectivity index (χ1n) is 5.76. The van der Waals surface area contributed by atoms with Gasteiger partial charge in [-0.15, -0.1) is 22.7 Å². The van der Waals surface area contributed by atoms with Crippen LogP contribution in [0.25, 0.3) is 0 Å². The maximum absolute atomic E-state index is 11.9. The Labute approximate surface area is 116 Å². The predicted octanol–water partition coefficient (Wildman–Crippen LogP) is 2.64. The highest BCUT2D eigenvalue weighted by Crippen LogP contribution is 2.30. The van der Waals surface area contributed by atoms with Gasteiger partial charge < -0.3 is 5.11 Å². The van der Waals surface area contributed by atoms with Crippen molar-refractivity contribution in [3.8, 4) is 0 Å². The molecule has 3 rings (SSSR count). The third-order valence-electron chi connectivity index (χ3n) is 2.86. The van der Waals surface area contributed by atoms with Crippen LogP contribution >= 0.6 is 22.7 Å². The van der Waals surface area contributed by atoms with E-state index in [0.717, 1.165) is 36.3 Å². The number of fused-ring (bicyclic) bond motifs is 1. The van der Waals surface area contributed by atoms with Gasteiger partial charge in [-0.1, -0.05) is 0 Å². The molecular weight excluding hydrogens is 284 g/mol. The van der Waals surface area contributed by atoms with Crippen LogP contribution in [0.3, 0.4) is 0 Å². The summed E-state index contributed by atoms with van der Waals surface area (Å²) in [4.78, 5) is 28.9.